The van der Waals surface area contributed by atoms with E-state index in [4.69, 9.17) is 0 Å². The predicted molar refractivity (Wildman–Crippen MR) is 45.9 cm³/mol. The van der Waals surface area contributed by atoms with Crippen molar-refractivity contribution in [3.63, 3.8) is 0 Å². The van der Waals surface area contributed by atoms with E-state index >= 15 is 0 Å². The quantitative estimate of drug-likeness (QED) is 0.694. The van der Waals surface area contributed by atoms with Gasteiger partial charge in [0.15, 0.2) is 5.78 Å². The zero-order valence-corrected chi connectivity index (χ0v) is 8.54. The maximum absolute atomic E-state index is 10.8. The highest BCUT2D eigenvalue weighted by Gasteiger charge is 2.02. The van der Waals surface area contributed by atoms with Crippen LogP contribution in [-0.2, 0) is 4.79 Å². The van der Waals surface area contributed by atoms with Crippen LogP contribution in [0.4, 0.5) is 0 Å². The Morgan fingerprint density at radius 1 is 1.44 bits per heavy atom. The standard InChI is InChI=1S/C6H8Br2O/c1-3-5(9)4(2)6(7)8/h3H2,1-2H3. The summed E-state index contributed by atoms with van der Waals surface area (Å²) in [6.45, 7) is 3.62. The fourth-order valence-corrected chi connectivity index (χ4v) is 0.813. The summed E-state index contributed by atoms with van der Waals surface area (Å²) < 4.78 is 0.752. The Bertz CT molecular complexity index is 145. The van der Waals surface area contributed by atoms with Gasteiger partial charge in [0.25, 0.3) is 0 Å². The van der Waals surface area contributed by atoms with Crippen molar-refractivity contribution in [1.82, 2.24) is 0 Å². The van der Waals surface area contributed by atoms with Crippen molar-refractivity contribution in [1.29, 1.82) is 0 Å². The van der Waals surface area contributed by atoms with Gasteiger partial charge in [-0.1, -0.05) is 6.92 Å². The van der Waals surface area contributed by atoms with Gasteiger partial charge in [0.05, 0.1) is 3.39 Å². The van der Waals surface area contributed by atoms with Crippen LogP contribution in [0, 0.1) is 0 Å². The van der Waals surface area contributed by atoms with Crippen molar-refractivity contribution in [2.24, 2.45) is 0 Å². The molecule has 0 saturated carbocycles. The molecule has 0 aliphatic rings. The smallest absolute Gasteiger partial charge is 0.159 e. The number of halogens is 2. The average Bonchev–Trinajstić information content (AvgIpc) is 1.84. The minimum Gasteiger partial charge on any atom is -0.295 e. The Morgan fingerprint density at radius 2 is 1.89 bits per heavy atom. The van der Waals surface area contributed by atoms with Gasteiger partial charge in [0.1, 0.15) is 0 Å². The summed E-state index contributed by atoms with van der Waals surface area (Å²) in [6, 6.07) is 0. The third kappa shape index (κ3) is 3.16. The molecule has 0 heterocycles. The summed E-state index contributed by atoms with van der Waals surface area (Å²) in [7, 11) is 0. The van der Waals surface area contributed by atoms with Crippen LogP contribution in [0.1, 0.15) is 20.3 Å². The molecular formula is C6H8Br2O. The van der Waals surface area contributed by atoms with Crippen LogP contribution in [0.15, 0.2) is 8.96 Å². The van der Waals surface area contributed by atoms with Gasteiger partial charge in [-0.2, -0.15) is 0 Å². The van der Waals surface area contributed by atoms with E-state index in [9.17, 15) is 4.79 Å². The molecule has 0 aliphatic carbocycles. The van der Waals surface area contributed by atoms with Crippen LogP contribution in [0.25, 0.3) is 0 Å². The number of Topliss-reactive ketones (excluding diaryl/α,β-unsaturated/α-hetero) is 1. The van der Waals surface area contributed by atoms with Crippen LogP contribution in [0.2, 0.25) is 0 Å². The third-order valence-corrected chi connectivity index (χ3v) is 2.21. The first kappa shape index (κ1) is 9.37. The van der Waals surface area contributed by atoms with E-state index < -0.39 is 0 Å². The van der Waals surface area contributed by atoms with Crippen LogP contribution < -0.4 is 0 Å². The molecule has 0 rings (SSSR count). The number of rotatable bonds is 2. The molecule has 0 spiro atoms. The van der Waals surface area contributed by atoms with E-state index in [1.165, 1.54) is 0 Å². The maximum atomic E-state index is 10.8. The van der Waals surface area contributed by atoms with Crippen LogP contribution in [-0.4, -0.2) is 5.78 Å². The van der Waals surface area contributed by atoms with Crippen molar-refractivity contribution in [3.05, 3.63) is 8.96 Å². The Kier molecular flexibility index (Phi) is 4.40. The van der Waals surface area contributed by atoms with E-state index in [1.54, 1.807) is 6.92 Å². The monoisotopic (exact) mass is 254 g/mol. The van der Waals surface area contributed by atoms with Crippen LogP contribution in [0.5, 0.6) is 0 Å². The summed E-state index contributed by atoms with van der Waals surface area (Å²) in [5.74, 6) is 0.166. The van der Waals surface area contributed by atoms with Gasteiger partial charge in [-0.05, 0) is 38.8 Å². The first-order valence-corrected chi connectivity index (χ1v) is 4.23. The minimum absolute atomic E-state index is 0.166. The number of carbonyl (C=O) groups is 1. The highest BCUT2D eigenvalue weighted by atomic mass is 79.9. The molecule has 9 heavy (non-hydrogen) atoms. The minimum atomic E-state index is 0.166. The average molecular weight is 256 g/mol. The molecule has 0 aromatic heterocycles. The fourth-order valence-electron chi connectivity index (χ4n) is 0.371. The summed E-state index contributed by atoms with van der Waals surface area (Å²) in [5.41, 5.74) is 0.748. The molecule has 0 unspecified atom stereocenters. The van der Waals surface area contributed by atoms with Crippen molar-refractivity contribution in [3.8, 4) is 0 Å². The molecule has 1 nitrogen and oxygen atoms in total. The van der Waals surface area contributed by atoms with Crippen molar-refractivity contribution >= 4 is 37.6 Å². The molecule has 0 fully saturated rings. The second-order valence-electron chi connectivity index (χ2n) is 1.66. The molecule has 0 N–H and O–H groups in total. The number of hydrogen-bond donors (Lipinski definition) is 0. The topological polar surface area (TPSA) is 17.1 Å². The van der Waals surface area contributed by atoms with Crippen molar-refractivity contribution in [2.45, 2.75) is 20.3 Å². The molecule has 0 atom stereocenters. The van der Waals surface area contributed by atoms with Gasteiger partial charge < -0.3 is 0 Å². The first-order chi connectivity index (χ1) is 4.09. The Labute approximate surface area is 71.8 Å². The van der Waals surface area contributed by atoms with Crippen LogP contribution in [0.3, 0.4) is 0 Å². The van der Waals surface area contributed by atoms with Gasteiger partial charge >= 0.3 is 0 Å². The highest BCUT2D eigenvalue weighted by molar-refractivity contribution is 9.28. The molecule has 0 amide bonds. The molecule has 0 bridgehead atoms. The number of allylic oxidation sites excluding steroid dienone is 1. The molecule has 0 aromatic rings. The Hall–Kier alpha value is 0.370. The van der Waals surface area contributed by atoms with Gasteiger partial charge in [-0.15, -0.1) is 0 Å². The largest absolute Gasteiger partial charge is 0.295 e. The summed E-state index contributed by atoms with van der Waals surface area (Å²) in [5, 5.41) is 0. The van der Waals surface area contributed by atoms with E-state index in [-0.39, 0.29) is 5.78 Å². The predicted octanol–water partition coefficient (Wildman–Crippen LogP) is 2.99. The van der Waals surface area contributed by atoms with Gasteiger partial charge in [-0.25, -0.2) is 0 Å². The zero-order chi connectivity index (χ0) is 7.44. The number of carbonyl (C=O) groups excluding carboxylic acids is 1. The number of ketones is 1. The molecular weight excluding hydrogens is 248 g/mol. The van der Waals surface area contributed by atoms with Gasteiger partial charge in [0, 0.05) is 12.0 Å². The summed E-state index contributed by atoms with van der Waals surface area (Å²) in [6.07, 6.45) is 0.562. The molecule has 0 saturated heterocycles. The number of hydrogen-bond acceptors (Lipinski definition) is 1. The lowest BCUT2D eigenvalue weighted by Crippen LogP contribution is -1.95. The first-order valence-electron chi connectivity index (χ1n) is 2.64. The summed E-state index contributed by atoms with van der Waals surface area (Å²) in [4.78, 5) is 10.8. The SMILES string of the molecule is CCC(=O)C(C)=C(Br)Br. The molecule has 3 heteroatoms. The summed E-state index contributed by atoms with van der Waals surface area (Å²) >= 11 is 6.31. The third-order valence-electron chi connectivity index (χ3n) is 1.02. The molecule has 0 aliphatic heterocycles. The van der Waals surface area contributed by atoms with Gasteiger partial charge in [0.2, 0.25) is 0 Å². The lowest BCUT2D eigenvalue weighted by Gasteiger charge is -1.94. The van der Waals surface area contributed by atoms with E-state index in [0.717, 1.165) is 8.96 Å². The lowest BCUT2D eigenvalue weighted by molar-refractivity contribution is -0.115. The van der Waals surface area contributed by atoms with Crippen molar-refractivity contribution < 1.29 is 4.79 Å². The lowest BCUT2D eigenvalue weighted by atomic mass is 10.2. The zero-order valence-electron chi connectivity index (χ0n) is 5.37. The van der Waals surface area contributed by atoms with E-state index in [1.807, 2.05) is 6.92 Å². The fraction of sp³-hybridized carbons (Fsp3) is 0.500. The van der Waals surface area contributed by atoms with E-state index in [0.29, 0.717) is 6.42 Å². The van der Waals surface area contributed by atoms with E-state index in [2.05, 4.69) is 31.9 Å². The molecule has 0 radical (unpaired) electrons. The normalized spacial score (nSPS) is 8.89. The Morgan fingerprint density at radius 3 is 2.00 bits per heavy atom. The molecule has 0 aromatic carbocycles. The molecule has 52 valence electrons. The Balaban J connectivity index is 4.21. The highest BCUT2D eigenvalue weighted by Crippen LogP contribution is 2.19. The maximum Gasteiger partial charge on any atom is 0.159 e. The van der Waals surface area contributed by atoms with Crippen LogP contribution >= 0.6 is 31.9 Å². The second kappa shape index (κ2) is 4.23. The second-order valence-corrected chi connectivity index (χ2v) is 4.31. The van der Waals surface area contributed by atoms with Crippen molar-refractivity contribution in [2.75, 3.05) is 0 Å². The van der Waals surface area contributed by atoms with Gasteiger partial charge in [-0.3, -0.25) is 4.79 Å².